The van der Waals surface area contributed by atoms with Gasteiger partial charge in [0.1, 0.15) is 0 Å². The van der Waals surface area contributed by atoms with Crippen molar-refractivity contribution in [1.82, 2.24) is 14.9 Å². The molecule has 1 aliphatic heterocycles. The van der Waals surface area contributed by atoms with E-state index in [0.717, 1.165) is 5.69 Å². The Morgan fingerprint density at radius 3 is 2.56 bits per heavy atom. The van der Waals surface area contributed by atoms with Crippen LogP contribution in [0.1, 0.15) is 25.5 Å². The minimum Gasteiger partial charge on any atom is -0.345 e. The SMILES string of the molecule is Br.Br.CCN1CCC(=Cc2cnc[nH]2)CC1. The van der Waals surface area contributed by atoms with Gasteiger partial charge in [-0.1, -0.05) is 12.5 Å². The van der Waals surface area contributed by atoms with E-state index in [1.165, 1.54) is 32.5 Å². The summed E-state index contributed by atoms with van der Waals surface area (Å²) in [6.45, 7) is 5.81. The van der Waals surface area contributed by atoms with Crippen molar-refractivity contribution in [2.24, 2.45) is 0 Å². The summed E-state index contributed by atoms with van der Waals surface area (Å²) in [4.78, 5) is 9.61. The van der Waals surface area contributed by atoms with Gasteiger partial charge in [0.25, 0.3) is 0 Å². The van der Waals surface area contributed by atoms with Crippen molar-refractivity contribution in [2.45, 2.75) is 19.8 Å². The highest BCUT2D eigenvalue weighted by molar-refractivity contribution is 8.93. The second-order valence-corrected chi connectivity index (χ2v) is 3.74. The van der Waals surface area contributed by atoms with Gasteiger partial charge < -0.3 is 9.88 Å². The number of aromatic nitrogens is 2. The zero-order valence-electron chi connectivity index (χ0n) is 9.48. The Hall–Kier alpha value is -0.130. The molecule has 92 valence electrons. The van der Waals surface area contributed by atoms with Crippen molar-refractivity contribution < 1.29 is 0 Å². The van der Waals surface area contributed by atoms with Gasteiger partial charge in [-0.05, 0) is 25.5 Å². The van der Waals surface area contributed by atoms with Crippen LogP contribution >= 0.6 is 34.0 Å². The number of hydrogen-bond acceptors (Lipinski definition) is 2. The highest BCUT2D eigenvalue weighted by Crippen LogP contribution is 2.17. The van der Waals surface area contributed by atoms with Crippen molar-refractivity contribution in [3.8, 4) is 0 Å². The van der Waals surface area contributed by atoms with E-state index in [1.54, 1.807) is 11.9 Å². The average molecular weight is 353 g/mol. The van der Waals surface area contributed by atoms with Crippen LogP contribution in [0.15, 0.2) is 18.1 Å². The number of imidazole rings is 1. The first-order chi connectivity index (χ1) is 6.88. The highest BCUT2D eigenvalue weighted by Gasteiger charge is 2.11. The van der Waals surface area contributed by atoms with E-state index in [2.05, 4.69) is 27.9 Å². The number of H-pyrrole nitrogens is 1. The van der Waals surface area contributed by atoms with E-state index in [-0.39, 0.29) is 34.0 Å². The summed E-state index contributed by atoms with van der Waals surface area (Å²) < 4.78 is 0. The van der Waals surface area contributed by atoms with E-state index < -0.39 is 0 Å². The Labute approximate surface area is 118 Å². The Kier molecular flexibility index (Phi) is 7.97. The number of likely N-dealkylation sites (tertiary alicyclic amines) is 1. The number of hydrogen-bond donors (Lipinski definition) is 1. The average Bonchev–Trinajstić information content (AvgIpc) is 2.72. The Morgan fingerprint density at radius 2 is 2.06 bits per heavy atom. The Bertz CT molecular complexity index is 299. The smallest absolute Gasteiger partial charge is 0.0924 e. The third-order valence-electron chi connectivity index (χ3n) is 2.82. The van der Waals surface area contributed by atoms with E-state index >= 15 is 0 Å². The molecule has 0 unspecified atom stereocenters. The third kappa shape index (κ3) is 4.39. The number of halogens is 2. The first kappa shape index (κ1) is 15.9. The maximum Gasteiger partial charge on any atom is 0.0924 e. The van der Waals surface area contributed by atoms with Crippen molar-refractivity contribution >= 4 is 40.0 Å². The van der Waals surface area contributed by atoms with Gasteiger partial charge in [0.05, 0.1) is 18.2 Å². The van der Waals surface area contributed by atoms with Gasteiger partial charge >= 0.3 is 0 Å². The predicted molar refractivity (Wildman–Crippen MR) is 78.6 cm³/mol. The third-order valence-corrected chi connectivity index (χ3v) is 2.82. The van der Waals surface area contributed by atoms with E-state index in [9.17, 15) is 0 Å². The largest absolute Gasteiger partial charge is 0.345 e. The topological polar surface area (TPSA) is 31.9 Å². The van der Waals surface area contributed by atoms with Gasteiger partial charge in [0, 0.05) is 13.1 Å². The number of aromatic amines is 1. The van der Waals surface area contributed by atoms with Crippen LogP contribution in [-0.2, 0) is 0 Å². The van der Waals surface area contributed by atoms with Crippen molar-refractivity contribution in [1.29, 1.82) is 0 Å². The lowest BCUT2D eigenvalue weighted by Gasteiger charge is -2.26. The molecule has 1 N–H and O–H groups in total. The van der Waals surface area contributed by atoms with Crippen molar-refractivity contribution in [3.63, 3.8) is 0 Å². The van der Waals surface area contributed by atoms with Crippen molar-refractivity contribution in [3.05, 3.63) is 23.8 Å². The van der Waals surface area contributed by atoms with Gasteiger partial charge in [-0.3, -0.25) is 0 Å². The predicted octanol–water partition coefficient (Wildman–Crippen LogP) is 3.06. The summed E-state index contributed by atoms with van der Waals surface area (Å²) in [6, 6.07) is 0. The van der Waals surface area contributed by atoms with E-state index in [1.807, 2.05) is 6.20 Å². The summed E-state index contributed by atoms with van der Waals surface area (Å²) in [5.74, 6) is 0. The van der Waals surface area contributed by atoms with Crippen LogP contribution in [0.25, 0.3) is 6.08 Å². The first-order valence-electron chi connectivity index (χ1n) is 5.28. The fourth-order valence-corrected chi connectivity index (χ4v) is 1.87. The standard InChI is InChI=1S/C11H17N3.2BrH/c1-2-14-5-3-10(4-6-14)7-11-8-12-9-13-11;;/h7-9H,2-6H2,1H3,(H,12,13);2*1H. The molecule has 3 nitrogen and oxygen atoms in total. The van der Waals surface area contributed by atoms with Crippen LogP contribution in [0.3, 0.4) is 0 Å². The summed E-state index contributed by atoms with van der Waals surface area (Å²) in [6.07, 6.45) is 8.24. The van der Waals surface area contributed by atoms with Gasteiger partial charge in [0.2, 0.25) is 0 Å². The first-order valence-corrected chi connectivity index (χ1v) is 5.28. The molecule has 1 aromatic heterocycles. The molecule has 1 saturated heterocycles. The quantitative estimate of drug-likeness (QED) is 0.886. The number of nitrogens with zero attached hydrogens (tertiary/aromatic N) is 2. The molecule has 0 amide bonds. The molecule has 1 aliphatic rings. The molecule has 5 heteroatoms. The maximum absolute atomic E-state index is 4.01. The van der Waals surface area contributed by atoms with Gasteiger partial charge in [0.15, 0.2) is 0 Å². The second kappa shape index (κ2) is 8.03. The van der Waals surface area contributed by atoms with E-state index in [0.29, 0.717) is 0 Å². The van der Waals surface area contributed by atoms with Crippen LogP contribution in [0, 0.1) is 0 Å². The normalized spacial score (nSPS) is 16.2. The zero-order valence-corrected chi connectivity index (χ0v) is 12.9. The minimum absolute atomic E-state index is 0. The Balaban J connectivity index is 0.00000112. The van der Waals surface area contributed by atoms with Crippen LogP contribution in [0.2, 0.25) is 0 Å². The second-order valence-electron chi connectivity index (χ2n) is 3.74. The molecule has 16 heavy (non-hydrogen) atoms. The molecular weight excluding hydrogens is 334 g/mol. The molecule has 0 atom stereocenters. The lowest BCUT2D eigenvalue weighted by Crippen LogP contribution is -2.30. The molecule has 0 aliphatic carbocycles. The molecule has 2 rings (SSSR count). The van der Waals surface area contributed by atoms with Crippen LogP contribution in [0.4, 0.5) is 0 Å². The van der Waals surface area contributed by atoms with Crippen molar-refractivity contribution in [2.75, 3.05) is 19.6 Å². The maximum atomic E-state index is 4.01. The fraction of sp³-hybridized carbons (Fsp3) is 0.545. The molecule has 0 aromatic carbocycles. The van der Waals surface area contributed by atoms with Gasteiger partial charge in [-0.15, -0.1) is 34.0 Å². The number of nitrogens with one attached hydrogen (secondary N) is 1. The van der Waals surface area contributed by atoms with E-state index in [4.69, 9.17) is 0 Å². The van der Waals surface area contributed by atoms with Crippen LogP contribution < -0.4 is 0 Å². The molecule has 1 aromatic rings. The van der Waals surface area contributed by atoms with Crippen LogP contribution in [0.5, 0.6) is 0 Å². The van der Waals surface area contributed by atoms with Gasteiger partial charge in [-0.25, -0.2) is 4.98 Å². The summed E-state index contributed by atoms with van der Waals surface area (Å²) in [7, 11) is 0. The lowest BCUT2D eigenvalue weighted by molar-refractivity contribution is 0.270. The lowest BCUT2D eigenvalue weighted by atomic mass is 10.0. The summed E-state index contributed by atoms with van der Waals surface area (Å²) in [5, 5.41) is 0. The highest BCUT2D eigenvalue weighted by atomic mass is 79.9. The molecular formula is C11H19Br2N3. The summed E-state index contributed by atoms with van der Waals surface area (Å²) in [5.41, 5.74) is 2.67. The van der Waals surface area contributed by atoms with Crippen LogP contribution in [-0.4, -0.2) is 34.5 Å². The molecule has 0 radical (unpaired) electrons. The zero-order chi connectivity index (χ0) is 9.80. The molecule has 2 heterocycles. The fourth-order valence-electron chi connectivity index (χ4n) is 1.87. The summed E-state index contributed by atoms with van der Waals surface area (Å²) >= 11 is 0. The number of rotatable bonds is 2. The molecule has 1 fully saturated rings. The molecule has 0 saturated carbocycles. The molecule has 0 spiro atoms. The monoisotopic (exact) mass is 351 g/mol. The minimum atomic E-state index is 0. The Morgan fingerprint density at radius 1 is 1.38 bits per heavy atom. The van der Waals surface area contributed by atoms with Gasteiger partial charge in [-0.2, -0.15) is 0 Å². The molecule has 0 bridgehead atoms. The number of piperidine rings is 1.